The van der Waals surface area contributed by atoms with Gasteiger partial charge in [-0.3, -0.25) is 9.78 Å². The lowest BCUT2D eigenvalue weighted by Gasteiger charge is -2.22. The van der Waals surface area contributed by atoms with Gasteiger partial charge in [0.25, 0.3) is 0 Å². The van der Waals surface area contributed by atoms with Gasteiger partial charge in [0.2, 0.25) is 10.0 Å². The van der Waals surface area contributed by atoms with Gasteiger partial charge in [0.05, 0.1) is 18.1 Å². The number of nitrogens with two attached hydrogens (primary N) is 1. The number of methoxy groups -OCH3 is 1. The molecule has 1 aliphatic rings. The normalized spacial score (nSPS) is 14.5. The number of carbonyl (C=O) groups excluding carboxylic acids is 1. The summed E-state index contributed by atoms with van der Waals surface area (Å²) in [4.78, 5) is 17.1. The molecule has 0 aliphatic heterocycles. The van der Waals surface area contributed by atoms with Gasteiger partial charge in [0.15, 0.2) is 17.3 Å². The minimum Gasteiger partial charge on any atom is -0.493 e. The highest BCUT2D eigenvalue weighted by molar-refractivity contribution is 7.89. The van der Waals surface area contributed by atoms with E-state index < -0.39 is 10.0 Å². The molecule has 5 rings (SSSR count). The Bertz CT molecular complexity index is 1600. The van der Waals surface area contributed by atoms with Crippen LogP contribution in [0.15, 0.2) is 96.2 Å². The fourth-order valence-electron chi connectivity index (χ4n) is 5.46. The van der Waals surface area contributed by atoms with E-state index in [1.165, 1.54) is 25.0 Å². The fraction of sp³-hybridized carbons (Fsp3) is 0.273. The molecular formula is C33H34N2O5S. The third kappa shape index (κ3) is 7.01. The molecule has 1 saturated carbocycles. The zero-order valence-electron chi connectivity index (χ0n) is 23.0. The second-order valence-electron chi connectivity index (χ2n) is 10.4. The first-order valence-corrected chi connectivity index (χ1v) is 15.3. The van der Waals surface area contributed by atoms with Crippen molar-refractivity contribution in [3.05, 3.63) is 119 Å². The van der Waals surface area contributed by atoms with Crippen LogP contribution in [0.5, 0.6) is 11.5 Å². The van der Waals surface area contributed by atoms with Gasteiger partial charge in [-0.1, -0.05) is 48.5 Å². The van der Waals surface area contributed by atoms with Crippen molar-refractivity contribution in [2.75, 3.05) is 7.11 Å². The Labute approximate surface area is 241 Å². The third-order valence-electron chi connectivity index (χ3n) is 7.62. The van der Waals surface area contributed by atoms with Crippen LogP contribution in [0, 0.1) is 0 Å². The highest BCUT2D eigenvalue weighted by Gasteiger charge is 2.22. The summed E-state index contributed by atoms with van der Waals surface area (Å²) in [5.41, 5.74) is 4.22. The number of ether oxygens (including phenoxy) is 2. The number of benzene rings is 3. The first kappa shape index (κ1) is 28.5. The Kier molecular flexibility index (Phi) is 8.81. The number of hydrogen-bond acceptors (Lipinski definition) is 6. The molecular weight excluding hydrogens is 536 g/mol. The second-order valence-corrected chi connectivity index (χ2v) is 12.0. The Balaban J connectivity index is 1.43. The van der Waals surface area contributed by atoms with Crippen LogP contribution >= 0.6 is 0 Å². The van der Waals surface area contributed by atoms with E-state index in [2.05, 4.69) is 17.1 Å². The maximum absolute atomic E-state index is 13.1. The number of pyridine rings is 1. The van der Waals surface area contributed by atoms with Crippen molar-refractivity contribution in [3.63, 3.8) is 0 Å². The number of nitrogens with zero attached hydrogens (tertiary/aromatic N) is 1. The quantitative estimate of drug-likeness (QED) is 0.226. The van der Waals surface area contributed by atoms with E-state index in [-0.39, 0.29) is 34.7 Å². The van der Waals surface area contributed by atoms with E-state index in [0.717, 1.165) is 53.0 Å². The number of ketones is 1. The molecule has 1 aliphatic carbocycles. The lowest BCUT2D eigenvalue weighted by atomic mass is 9.85. The molecule has 4 aromatic rings. The maximum Gasteiger partial charge on any atom is 0.238 e. The summed E-state index contributed by atoms with van der Waals surface area (Å²) in [6.45, 7) is 0. The molecule has 1 fully saturated rings. The summed E-state index contributed by atoms with van der Waals surface area (Å²) in [5, 5.41) is 5.33. The molecule has 0 amide bonds. The number of aromatic nitrogens is 1. The van der Waals surface area contributed by atoms with Gasteiger partial charge in [0.1, 0.15) is 0 Å². The summed E-state index contributed by atoms with van der Waals surface area (Å²) in [6.07, 6.45) is 9.06. The largest absolute Gasteiger partial charge is 0.493 e. The van der Waals surface area contributed by atoms with Crippen LogP contribution in [0.3, 0.4) is 0 Å². The van der Waals surface area contributed by atoms with Crippen LogP contribution in [0.1, 0.15) is 64.2 Å². The standard InChI is InChI=1S/C33H34N2O5S/c1-39-31-15-14-26(22-32(31)40-27-6-2-3-7-27)29(20-24-16-18-35-19-17-24)25-12-10-23(11-13-25)21-30(36)28-8-4-5-9-33(28)41(34,37)38/h4-5,8-19,22,27,29H,2-3,6-7,20-21H2,1H3,(H2,34,37,38)/t29-/m1/s1. The van der Waals surface area contributed by atoms with Crippen LogP contribution in [0.25, 0.3) is 0 Å². The molecule has 0 spiro atoms. The minimum absolute atomic E-state index is 0.0158. The summed E-state index contributed by atoms with van der Waals surface area (Å²) in [6, 6.07) is 24.1. The number of Topliss-reactive ketones (excluding diaryl/α,β-unsaturated/α-hetero) is 1. The van der Waals surface area contributed by atoms with Gasteiger partial charge in [-0.05, 0) is 84.7 Å². The Morgan fingerprint density at radius 1 is 0.902 bits per heavy atom. The van der Waals surface area contributed by atoms with Gasteiger partial charge in [0, 0.05) is 30.3 Å². The Hall–Kier alpha value is -4.01. The van der Waals surface area contributed by atoms with Gasteiger partial charge in [-0.2, -0.15) is 0 Å². The summed E-state index contributed by atoms with van der Waals surface area (Å²) < 4.78 is 36.0. The van der Waals surface area contributed by atoms with Crippen molar-refractivity contribution in [2.24, 2.45) is 5.14 Å². The van der Waals surface area contributed by atoms with Crippen LogP contribution < -0.4 is 14.6 Å². The monoisotopic (exact) mass is 570 g/mol. The van der Waals surface area contributed by atoms with E-state index in [9.17, 15) is 13.2 Å². The van der Waals surface area contributed by atoms with Gasteiger partial charge >= 0.3 is 0 Å². The molecule has 1 heterocycles. The summed E-state index contributed by atoms with van der Waals surface area (Å²) in [5.74, 6) is 1.19. The molecule has 1 atom stereocenters. The molecule has 2 N–H and O–H groups in total. The summed E-state index contributed by atoms with van der Waals surface area (Å²) >= 11 is 0. The van der Waals surface area contributed by atoms with Crippen LogP contribution in [-0.4, -0.2) is 32.4 Å². The van der Waals surface area contributed by atoms with Crippen LogP contribution in [0.2, 0.25) is 0 Å². The van der Waals surface area contributed by atoms with E-state index in [4.69, 9.17) is 14.6 Å². The van der Waals surface area contributed by atoms with Crippen molar-refractivity contribution in [1.82, 2.24) is 4.98 Å². The number of hydrogen-bond donors (Lipinski definition) is 1. The Morgan fingerprint density at radius 2 is 1.59 bits per heavy atom. The molecule has 0 saturated heterocycles. The van der Waals surface area contributed by atoms with Gasteiger partial charge in [-0.25, -0.2) is 13.6 Å². The van der Waals surface area contributed by atoms with Crippen molar-refractivity contribution in [3.8, 4) is 11.5 Å². The lowest BCUT2D eigenvalue weighted by Crippen LogP contribution is -2.17. The number of sulfonamides is 1. The van der Waals surface area contributed by atoms with Crippen LogP contribution in [-0.2, 0) is 22.9 Å². The van der Waals surface area contributed by atoms with E-state index in [1.807, 2.05) is 42.5 Å². The van der Waals surface area contributed by atoms with Crippen molar-refractivity contribution < 1.29 is 22.7 Å². The van der Waals surface area contributed by atoms with E-state index in [1.54, 1.807) is 31.6 Å². The average Bonchev–Trinajstić information content (AvgIpc) is 3.50. The fourth-order valence-corrected chi connectivity index (χ4v) is 6.22. The first-order chi connectivity index (χ1) is 19.8. The second kappa shape index (κ2) is 12.7. The average molecular weight is 571 g/mol. The van der Waals surface area contributed by atoms with Crippen molar-refractivity contribution in [2.45, 2.75) is 55.4 Å². The maximum atomic E-state index is 13.1. The van der Waals surface area contributed by atoms with Crippen LogP contribution in [0.4, 0.5) is 0 Å². The molecule has 1 aromatic heterocycles. The number of carbonyl (C=O) groups is 1. The topological polar surface area (TPSA) is 109 Å². The lowest BCUT2D eigenvalue weighted by molar-refractivity contribution is 0.0989. The molecule has 0 bridgehead atoms. The molecule has 3 aromatic carbocycles. The molecule has 0 unspecified atom stereocenters. The molecule has 212 valence electrons. The van der Waals surface area contributed by atoms with E-state index in [0.29, 0.717) is 0 Å². The predicted octanol–water partition coefficient (Wildman–Crippen LogP) is 5.86. The van der Waals surface area contributed by atoms with Gasteiger partial charge in [-0.15, -0.1) is 0 Å². The number of rotatable bonds is 11. The number of primary sulfonamides is 1. The summed E-state index contributed by atoms with van der Waals surface area (Å²) in [7, 11) is -2.35. The zero-order chi connectivity index (χ0) is 28.8. The van der Waals surface area contributed by atoms with Crippen molar-refractivity contribution >= 4 is 15.8 Å². The van der Waals surface area contributed by atoms with Crippen molar-refractivity contribution in [1.29, 1.82) is 0 Å². The zero-order valence-corrected chi connectivity index (χ0v) is 23.8. The highest BCUT2D eigenvalue weighted by atomic mass is 32.2. The minimum atomic E-state index is -4.01. The Morgan fingerprint density at radius 3 is 2.27 bits per heavy atom. The smallest absolute Gasteiger partial charge is 0.238 e. The highest BCUT2D eigenvalue weighted by Crippen LogP contribution is 2.37. The van der Waals surface area contributed by atoms with Gasteiger partial charge < -0.3 is 9.47 Å². The molecule has 41 heavy (non-hydrogen) atoms. The first-order valence-electron chi connectivity index (χ1n) is 13.8. The molecule has 0 radical (unpaired) electrons. The SMILES string of the molecule is COc1ccc([C@H](Cc2ccncc2)c2ccc(CC(=O)c3ccccc3S(N)(=O)=O)cc2)cc1OC1CCCC1. The molecule has 7 nitrogen and oxygen atoms in total. The molecule has 8 heteroatoms. The predicted molar refractivity (Wildman–Crippen MR) is 158 cm³/mol. The third-order valence-corrected chi connectivity index (χ3v) is 8.58. The van der Waals surface area contributed by atoms with E-state index >= 15 is 0 Å².